The van der Waals surface area contributed by atoms with Gasteiger partial charge in [0.1, 0.15) is 0 Å². The molecule has 0 radical (unpaired) electrons. The van der Waals surface area contributed by atoms with Gasteiger partial charge in [0.2, 0.25) is 0 Å². The molecule has 1 aromatic heterocycles. The molecule has 0 atom stereocenters. The Hall–Kier alpha value is -1.36. The molecular weight excluding hydrogens is 240 g/mol. The predicted octanol–water partition coefficient (Wildman–Crippen LogP) is 1.79. The van der Waals surface area contributed by atoms with E-state index < -0.39 is 0 Å². The van der Waals surface area contributed by atoms with Gasteiger partial charge in [-0.2, -0.15) is 5.10 Å². The van der Waals surface area contributed by atoms with Crippen molar-refractivity contribution in [2.75, 3.05) is 20.1 Å². The van der Waals surface area contributed by atoms with Gasteiger partial charge in [0.25, 0.3) is 5.91 Å². The molecule has 0 bridgehead atoms. The fourth-order valence-corrected chi connectivity index (χ4v) is 2.71. The van der Waals surface area contributed by atoms with E-state index in [1.54, 1.807) is 12.4 Å². The third-order valence-corrected chi connectivity index (χ3v) is 3.93. The first kappa shape index (κ1) is 14.1. The Labute approximate surface area is 114 Å². The van der Waals surface area contributed by atoms with Gasteiger partial charge < -0.3 is 10.2 Å². The summed E-state index contributed by atoms with van der Waals surface area (Å²) in [6.07, 6.45) is 10.9. The molecule has 0 saturated heterocycles. The number of hydrogen-bond acceptors (Lipinski definition) is 3. The van der Waals surface area contributed by atoms with Crippen molar-refractivity contribution in [1.82, 2.24) is 20.4 Å². The molecule has 1 amide bonds. The van der Waals surface area contributed by atoms with Crippen LogP contribution in [-0.2, 0) is 0 Å². The van der Waals surface area contributed by atoms with Crippen LogP contribution in [0, 0.1) is 0 Å². The quantitative estimate of drug-likeness (QED) is 0.770. The van der Waals surface area contributed by atoms with E-state index in [9.17, 15) is 4.79 Å². The summed E-state index contributed by atoms with van der Waals surface area (Å²) in [6, 6.07) is 0.748. The van der Waals surface area contributed by atoms with E-state index in [-0.39, 0.29) is 5.91 Å². The monoisotopic (exact) mass is 264 g/mol. The Balaban J connectivity index is 1.59. The van der Waals surface area contributed by atoms with Crippen molar-refractivity contribution in [3.63, 3.8) is 0 Å². The number of nitrogens with zero attached hydrogens (tertiary/aromatic N) is 2. The number of carbonyl (C=O) groups excluding carboxylic acids is 1. The number of hydrogen-bond donors (Lipinski definition) is 2. The third-order valence-electron chi connectivity index (χ3n) is 3.93. The van der Waals surface area contributed by atoms with E-state index in [4.69, 9.17) is 0 Å². The molecule has 5 nitrogen and oxygen atoms in total. The molecule has 1 heterocycles. The van der Waals surface area contributed by atoms with E-state index in [0.29, 0.717) is 5.56 Å². The van der Waals surface area contributed by atoms with E-state index in [1.165, 1.54) is 32.1 Å². The highest BCUT2D eigenvalue weighted by molar-refractivity contribution is 5.93. The van der Waals surface area contributed by atoms with Gasteiger partial charge in [0.15, 0.2) is 0 Å². The van der Waals surface area contributed by atoms with Gasteiger partial charge in [0, 0.05) is 18.8 Å². The fraction of sp³-hybridized carbons (Fsp3) is 0.714. The van der Waals surface area contributed by atoms with Crippen LogP contribution in [0.3, 0.4) is 0 Å². The number of H-pyrrole nitrogens is 1. The second-order valence-electron chi connectivity index (χ2n) is 5.37. The van der Waals surface area contributed by atoms with Crippen LogP contribution in [0.2, 0.25) is 0 Å². The highest BCUT2D eigenvalue weighted by Gasteiger charge is 2.17. The summed E-state index contributed by atoms with van der Waals surface area (Å²) in [7, 11) is 2.20. The fourth-order valence-electron chi connectivity index (χ4n) is 2.71. The maximum Gasteiger partial charge on any atom is 0.254 e. The van der Waals surface area contributed by atoms with Crippen LogP contribution in [0.1, 0.15) is 48.9 Å². The summed E-state index contributed by atoms with van der Waals surface area (Å²) < 4.78 is 0. The summed E-state index contributed by atoms with van der Waals surface area (Å²) in [5.74, 6) is -0.0472. The number of amides is 1. The predicted molar refractivity (Wildman–Crippen MR) is 75.0 cm³/mol. The lowest BCUT2D eigenvalue weighted by atomic mass is 9.94. The molecule has 0 aromatic carbocycles. The second-order valence-corrected chi connectivity index (χ2v) is 5.37. The summed E-state index contributed by atoms with van der Waals surface area (Å²) in [6.45, 7) is 1.78. The number of carbonyl (C=O) groups is 1. The molecule has 1 aliphatic carbocycles. The smallest absolute Gasteiger partial charge is 0.254 e. The molecule has 19 heavy (non-hydrogen) atoms. The SMILES string of the molecule is CN(CCCNC(=O)c1cn[nH]c1)C1CCCCC1. The van der Waals surface area contributed by atoms with Crippen LogP contribution in [-0.4, -0.2) is 47.2 Å². The first-order valence-electron chi connectivity index (χ1n) is 7.24. The molecule has 0 unspecified atom stereocenters. The zero-order chi connectivity index (χ0) is 13.5. The largest absolute Gasteiger partial charge is 0.352 e. The van der Waals surface area contributed by atoms with E-state index >= 15 is 0 Å². The molecule has 1 fully saturated rings. The Kier molecular flexibility index (Phi) is 5.39. The van der Waals surface area contributed by atoms with E-state index in [2.05, 4.69) is 27.5 Å². The molecule has 2 N–H and O–H groups in total. The summed E-state index contributed by atoms with van der Waals surface area (Å²) in [4.78, 5) is 14.1. The standard InChI is InChI=1S/C14H24N4O/c1-18(13-6-3-2-4-7-13)9-5-8-15-14(19)12-10-16-17-11-12/h10-11,13H,2-9H2,1H3,(H,15,19)(H,16,17). The number of rotatable bonds is 6. The normalized spacial score (nSPS) is 16.7. The molecule has 1 saturated carbocycles. The van der Waals surface area contributed by atoms with Crippen LogP contribution < -0.4 is 5.32 Å². The molecule has 0 aliphatic heterocycles. The average Bonchev–Trinajstić information content (AvgIpc) is 2.98. The first-order valence-corrected chi connectivity index (χ1v) is 7.24. The average molecular weight is 264 g/mol. The van der Waals surface area contributed by atoms with Gasteiger partial charge in [-0.3, -0.25) is 9.89 Å². The highest BCUT2D eigenvalue weighted by Crippen LogP contribution is 2.21. The zero-order valence-corrected chi connectivity index (χ0v) is 11.7. The summed E-state index contributed by atoms with van der Waals surface area (Å²) >= 11 is 0. The zero-order valence-electron chi connectivity index (χ0n) is 11.7. The molecule has 1 aromatic rings. The van der Waals surface area contributed by atoms with Crippen molar-refractivity contribution in [1.29, 1.82) is 0 Å². The van der Waals surface area contributed by atoms with Crippen LogP contribution in [0.15, 0.2) is 12.4 Å². The van der Waals surface area contributed by atoms with Crippen LogP contribution in [0.4, 0.5) is 0 Å². The Morgan fingerprint density at radius 2 is 2.26 bits per heavy atom. The third kappa shape index (κ3) is 4.35. The Morgan fingerprint density at radius 3 is 2.95 bits per heavy atom. The minimum absolute atomic E-state index is 0.0472. The van der Waals surface area contributed by atoms with Gasteiger partial charge in [-0.15, -0.1) is 0 Å². The van der Waals surface area contributed by atoms with Gasteiger partial charge in [0.05, 0.1) is 11.8 Å². The molecule has 0 spiro atoms. The first-order chi connectivity index (χ1) is 9.27. The number of aromatic nitrogens is 2. The number of nitrogens with one attached hydrogen (secondary N) is 2. The van der Waals surface area contributed by atoms with Gasteiger partial charge in [-0.25, -0.2) is 0 Å². The van der Waals surface area contributed by atoms with Crippen molar-refractivity contribution in [2.45, 2.75) is 44.6 Å². The topological polar surface area (TPSA) is 61.0 Å². The van der Waals surface area contributed by atoms with Gasteiger partial charge in [-0.1, -0.05) is 19.3 Å². The minimum atomic E-state index is -0.0472. The molecule has 106 valence electrons. The van der Waals surface area contributed by atoms with Crippen molar-refractivity contribution in [3.8, 4) is 0 Å². The van der Waals surface area contributed by atoms with E-state index in [0.717, 1.165) is 25.6 Å². The van der Waals surface area contributed by atoms with Gasteiger partial charge in [-0.05, 0) is 32.9 Å². The Morgan fingerprint density at radius 1 is 1.47 bits per heavy atom. The van der Waals surface area contributed by atoms with Crippen molar-refractivity contribution in [3.05, 3.63) is 18.0 Å². The van der Waals surface area contributed by atoms with Crippen LogP contribution in [0.5, 0.6) is 0 Å². The highest BCUT2D eigenvalue weighted by atomic mass is 16.1. The maximum atomic E-state index is 11.7. The van der Waals surface area contributed by atoms with Crippen molar-refractivity contribution < 1.29 is 4.79 Å². The second kappa shape index (κ2) is 7.28. The summed E-state index contributed by atoms with van der Waals surface area (Å²) in [5, 5.41) is 9.33. The van der Waals surface area contributed by atoms with Crippen molar-refractivity contribution >= 4 is 5.91 Å². The lowest BCUT2D eigenvalue weighted by Gasteiger charge is -2.31. The van der Waals surface area contributed by atoms with E-state index in [1.807, 2.05) is 0 Å². The lowest BCUT2D eigenvalue weighted by molar-refractivity contribution is 0.0950. The van der Waals surface area contributed by atoms with Crippen LogP contribution in [0.25, 0.3) is 0 Å². The molecule has 1 aliphatic rings. The minimum Gasteiger partial charge on any atom is -0.352 e. The summed E-state index contributed by atoms with van der Waals surface area (Å²) in [5.41, 5.74) is 0.598. The Bertz CT molecular complexity index is 371. The van der Waals surface area contributed by atoms with Gasteiger partial charge >= 0.3 is 0 Å². The maximum absolute atomic E-state index is 11.7. The molecule has 5 heteroatoms. The number of aromatic amines is 1. The molecular formula is C14H24N4O. The lowest BCUT2D eigenvalue weighted by Crippen LogP contribution is -2.35. The van der Waals surface area contributed by atoms with Crippen LogP contribution >= 0.6 is 0 Å². The molecule has 2 rings (SSSR count). The van der Waals surface area contributed by atoms with Crippen molar-refractivity contribution in [2.24, 2.45) is 0 Å².